The number of pyridine rings is 1. The summed E-state index contributed by atoms with van der Waals surface area (Å²) in [5, 5.41) is 5.79. The summed E-state index contributed by atoms with van der Waals surface area (Å²) >= 11 is 0. The van der Waals surface area contributed by atoms with E-state index < -0.39 is 0 Å². The first kappa shape index (κ1) is 18.0. The van der Waals surface area contributed by atoms with Crippen LogP contribution in [0, 0.1) is 20.8 Å². The van der Waals surface area contributed by atoms with Crippen molar-refractivity contribution in [3.05, 3.63) is 89.1 Å². The Labute approximate surface area is 165 Å². The monoisotopic (exact) mass is 369 g/mol. The predicted molar refractivity (Wildman–Crippen MR) is 114 cm³/mol. The number of rotatable bonds is 5. The van der Waals surface area contributed by atoms with Crippen LogP contribution in [0.1, 0.15) is 27.9 Å². The lowest BCUT2D eigenvalue weighted by molar-refractivity contribution is 0.294. The molecule has 2 aromatic carbocycles. The number of hydrogen-bond donors (Lipinski definition) is 0. The maximum absolute atomic E-state index is 6.00. The van der Waals surface area contributed by atoms with Crippen LogP contribution >= 0.6 is 0 Å². The zero-order chi connectivity index (χ0) is 19.7. The van der Waals surface area contributed by atoms with Gasteiger partial charge >= 0.3 is 0 Å². The zero-order valence-electron chi connectivity index (χ0n) is 16.4. The molecule has 0 atom stereocenters. The summed E-state index contributed by atoms with van der Waals surface area (Å²) in [7, 11) is 0. The normalized spacial score (nSPS) is 11.0. The van der Waals surface area contributed by atoms with E-state index in [9.17, 15) is 0 Å². The fourth-order valence-corrected chi connectivity index (χ4v) is 3.32. The van der Waals surface area contributed by atoms with Gasteiger partial charge in [-0.25, -0.2) is 4.68 Å². The van der Waals surface area contributed by atoms with Gasteiger partial charge in [0.25, 0.3) is 0 Å². The van der Waals surface area contributed by atoms with E-state index in [2.05, 4.69) is 44.7 Å². The van der Waals surface area contributed by atoms with Gasteiger partial charge < -0.3 is 4.74 Å². The summed E-state index contributed by atoms with van der Waals surface area (Å²) in [6, 6.07) is 18.4. The third-order valence-corrected chi connectivity index (χ3v) is 4.87. The van der Waals surface area contributed by atoms with Crippen LogP contribution in [-0.4, -0.2) is 14.8 Å². The summed E-state index contributed by atoms with van der Waals surface area (Å²) in [6.45, 7) is 10.4. The Bertz CT molecular complexity index is 1140. The van der Waals surface area contributed by atoms with E-state index in [0.29, 0.717) is 12.5 Å². The topological polar surface area (TPSA) is 39.9 Å². The molecule has 28 heavy (non-hydrogen) atoms. The molecule has 0 aliphatic carbocycles. The van der Waals surface area contributed by atoms with Crippen molar-refractivity contribution in [2.45, 2.75) is 27.4 Å². The maximum atomic E-state index is 6.00. The molecule has 2 heterocycles. The number of fused-ring (bicyclic) bond motifs is 1. The predicted octanol–water partition coefficient (Wildman–Crippen LogP) is 5.57. The van der Waals surface area contributed by atoms with Crippen LogP contribution in [-0.2, 0) is 6.61 Å². The highest BCUT2D eigenvalue weighted by Gasteiger charge is 2.15. The smallest absolute Gasteiger partial charge is 0.215 e. The molecule has 0 bridgehead atoms. The van der Waals surface area contributed by atoms with Crippen LogP contribution < -0.4 is 4.74 Å². The number of nitrogens with zero attached hydrogens (tertiary/aromatic N) is 3. The molecule has 0 unspecified atom stereocenters. The molecule has 0 saturated carbocycles. The lowest BCUT2D eigenvalue weighted by Crippen LogP contribution is -2.01. The lowest BCUT2D eigenvalue weighted by Gasteiger charge is -2.09. The number of ether oxygens (including phenoxy) is 1. The van der Waals surface area contributed by atoms with Gasteiger partial charge in [0.05, 0.1) is 11.4 Å². The Morgan fingerprint density at radius 1 is 1.00 bits per heavy atom. The van der Waals surface area contributed by atoms with Gasteiger partial charge in [-0.15, -0.1) is 0 Å². The van der Waals surface area contributed by atoms with Gasteiger partial charge in [0.2, 0.25) is 5.88 Å². The Kier molecular flexibility index (Phi) is 4.70. The van der Waals surface area contributed by atoms with Crippen molar-refractivity contribution in [2.75, 3.05) is 0 Å². The first-order chi connectivity index (χ1) is 13.5. The third kappa shape index (κ3) is 3.41. The molecule has 0 fully saturated rings. The van der Waals surface area contributed by atoms with E-state index in [1.54, 1.807) is 0 Å². The highest BCUT2D eigenvalue weighted by atomic mass is 16.5. The van der Waals surface area contributed by atoms with Gasteiger partial charge in [0.1, 0.15) is 6.61 Å². The average molecular weight is 369 g/mol. The average Bonchev–Trinajstić information content (AvgIpc) is 3.04. The summed E-state index contributed by atoms with van der Waals surface area (Å²) < 4.78 is 7.89. The van der Waals surface area contributed by atoms with Crippen molar-refractivity contribution in [3.8, 4) is 11.6 Å². The fraction of sp³-hybridized carbons (Fsp3) is 0.167. The Hall–Kier alpha value is -3.40. The van der Waals surface area contributed by atoms with E-state index in [4.69, 9.17) is 14.8 Å². The number of aromatic nitrogens is 3. The molecule has 4 rings (SSSR count). The molecular weight excluding hydrogens is 346 g/mol. The van der Waals surface area contributed by atoms with Crippen molar-refractivity contribution < 1.29 is 4.74 Å². The second-order valence-electron chi connectivity index (χ2n) is 7.04. The minimum Gasteiger partial charge on any atom is -0.473 e. The summed E-state index contributed by atoms with van der Waals surface area (Å²) in [5.74, 6) is 0.603. The van der Waals surface area contributed by atoms with Crippen LogP contribution in [0.25, 0.3) is 22.8 Å². The Morgan fingerprint density at radius 3 is 2.39 bits per heavy atom. The van der Waals surface area contributed by atoms with Crippen molar-refractivity contribution >= 4 is 17.1 Å². The van der Waals surface area contributed by atoms with E-state index in [1.165, 1.54) is 5.56 Å². The number of aryl methyl sites for hydroxylation is 3. The second-order valence-corrected chi connectivity index (χ2v) is 7.04. The first-order valence-electron chi connectivity index (χ1n) is 9.33. The number of hydrogen-bond acceptors (Lipinski definition) is 3. The fourth-order valence-electron chi connectivity index (χ4n) is 3.32. The third-order valence-electron chi connectivity index (χ3n) is 4.87. The van der Waals surface area contributed by atoms with E-state index in [1.807, 2.05) is 48.0 Å². The molecule has 0 radical (unpaired) electrons. The molecule has 0 N–H and O–H groups in total. The highest BCUT2D eigenvalue weighted by molar-refractivity contribution is 5.84. The van der Waals surface area contributed by atoms with Crippen LogP contribution in [0.15, 0.2) is 61.2 Å². The molecule has 0 aliphatic rings. The van der Waals surface area contributed by atoms with Gasteiger partial charge in [-0.2, -0.15) is 10.1 Å². The zero-order valence-corrected chi connectivity index (χ0v) is 16.4. The van der Waals surface area contributed by atoms with Crippen molar-refractivity contribution in [1.82, 2.24) is 14.8 Å². The van der Waals surface area contributed by atoms with Crippen LogP contribution in [0.3, 0.4) is 0 Å². The SMILES string of the molecule is C=Cc1ccc(COc2cc(C)c3c(C)nn(-c4ccc(C)cc4)c3n2)cc1. The minimum absolute atomic E-state index is 0.465. The van der Waals surface area contributed by atoms with Gasteiger partial charge in [0.15, 0.2) is 5.65 Å². The molecule has 0 aliphatic heterocycles. The summed E-state index contributed by atoms with van der Waals surface area (Å²) in [4.78, 5) is 4.77. The largest absolute Gasteiger partial charge is 0.473 e. The molecule has 0 saturated heterocycles. The lowest BCUT2D eigenvalue weighted by atomic mass is 10.1. The van der Waals surface area contributed by atoms with Gasteiger partial charge in [0, 0.05) is 11.5 Å². The second kappa shape index (κ2) is 7.31. The highest BCUT2D eigenvalue weighted by Crippen LogP contribution is 2.27. The van der Waals surface area contributed by atoms with Crippen LogP contribution in [0.5, 0.6) is 5.88 Å². The number of benzene rings is 2. The molecule has 4 heteroatoms. The first-order valence-corrected chi connectivity index (χ1v) is 9.33. The summed E-state index contributed by atoms with van der Waals surface area (Å²) in [5.41, 5.74) is 7.29. The van der Waals surface area contributed by atoms with Crippen molar-refractivity contribution in [1.29, 1.82) is 0 Å². The standard InChI is InChI=1S/C24H23N3O/c1-5-19-8-10-20(11-9-19)15-28-22-14-17(3)23-18(4)26-27(24(23)25-22)21-12-6-16(2)7-13-21/h5-14H,1,15H2,2-4H3. The molecule has 4 aromatic rings. The molecule has 0 amide bonds. The maximum Gasteiger partial charge on any atom is 0.215 e. The molecule has 4 nitrogen and oxygen atoms in total. The summed E-state index contributed by atoms with van der Waals surface area (Å²) in [6.07, 6.45) is 1.83. The van der Waals surface area contributed by atoms with Crippen LogP contribution in [0.4, 0.5) is 0 Å². The molecular formula is C24H23N3O. The van der Waals surface area contributed by atoms with E-state index in [0.717, 1.165) is 39.1 Å². The van der Waals surface area contributed by atoms with Gasteiger partial charge in [-0.3, -0.25) is 0 Å². The molecule has 0 spiro atoms. The quantitative estimate of drug-likeness (QED) is 0.462. The van der Waals surface area contributed by atoms with Crippen molar-refractivity contribution in [3.63, 3.8) is 0 Å². The van der Waals surface area contributed by atoms with Crippen molar-refractivity contribution in [2.24, 2.45) is 0 Å². The Balaban J connectivity index is 1.68. The molecule has 140 valence electrons. The van der Waals surface area contributed by atoms with Gasteiger partial charge in [-0.05, 0) is 49.6 Å². The Morgan fingerprint density at radius 2 is 1.71 bits per heavy atom. The van der Waals surface area contributed by atoms with Gasteiger partial charge in [-0.1, -0.05) is 54.6 Å². The van der Waals surface area contributed by atoms with Crippen LogP contribution in [0.2, 0.25) is 0 Å². The van der Waals surface area contributed by atoms with E-state index >= 15 is 0 Å². The minimum atomic E-state index is 0.465. The van der Waals surface area contributed by atoms with E-state index in [-0.39, 0.29) is 0 Å². The molecule has 2 aromatic heterocycles.